The fourth-order valence-electron chi connectivity index (χ4n) is 5.39. The van der Waals surface area contributed by atoms with E-state index in [2.05, 4.69) is 4.99 Å². The van der Waals surface area contributed by atoms with Crippen molar-refractivity contribution >= 4 is 22.4 Å². The van der Waals surface area contributed by atoms with Crippen molar-refractivity contribution in [3.05, 3.63) is 76.5 Å². The number of ether oxygens (including phenoxy) is 3. The lowest BCUT2D eigenvalue weighted by Crippen LogP contribution is -2.48. The molecule has 202 valence electrons. The van der Waals surface area contributed by atoms with E-state index < -0.39 is 45.0 Å². The topological polar surface area (TPSA) is 40.0 Å². The third-order valence-electron chi connectivity index (χ3n) is 7.37. The Morgan fingerprint density at radius 2 is 1.13 bits per heavy atom. The van der Waals surface area contributed by atoms with E-state index in [1.807, 2.05) is 0 Å². The Bertz CT molecular complexity index is 1400. The second-order valence-electron chi connectivity index (χ2n) is 9.62. The summed E-state index contributed by atoms with van der Waals surface area (Å²) in [5.74, 6) is -15.2. The van der Waals surface area contributed by atoms with Gasteiger partial charge in [-0.25, -0.2) is 4.99 Å². The molecule has 0 bridgehead atoms. The SMILES string of the molecule is COc1ccc(C2=NC3=C4C(=C(c5ccc(OC)cc5)C(C)(C)C3(OC)S2)C(F)(F)C(F)(F)C4(F)F)cc1. The van der Waals surface area contributed by atoms with Crippen molar-refractivity contribution < 1.29 is 40.6 Å². The minimum Gasteiger partial charge on any atom is -0.497 e. The number of thioether (sulfide) groups is 1. The van der Waals surface area contributed by atoms with Gasteiger partial charge in [0.1, 0.15) is 16.5 Å². The number of benzene rings is 2. The standard InChI is InChI=1S/C27H23F6NO3S/c1-23(2)18(14-6-10-16(35-3)11-7-14)19-20(25(30,31)27(32,33)24(19,28)29)21-26(23,37-5)38-22(34-21)15-8-12-17(36-4)13-9-15/h6-13H,1-5H3. The molecule has 38 heavy (non-hydrogen) atoms. The van der Waals surface area contributed by atoms with Crippen molar-refractivity contribution in [2.45, 2.75) is 36.5 Å². The number of rotatable bonds is 5. The van der Waals surface area contributed by atoms with Crippen LogP contribution in [0.15, 0.2) is 70.4 Å². The fourth-order valence-corrected chi connectivity index (χ4v) is 6.74. The van der Waals surface area contributed by atoms with Crippen LogP contribution in [0.5, 0.6) is 11.5 Å². The summed E-state index contributed by atoms with van der Waals surface area (Å²) in [6, 6.07) is 12.1. The molecule has 0 amide bonds. The Hall–Kier alpha value is -2.92. The van der Waals surface area contributed by atoms with E-state index in [9.17, 15) is 8.78 Å². The summed E-state index contributed by atoms with van der Waals surface area (Å²) in [6.07, 6.45) is 0. The van der Waals surface area contributed by atoms with Gasteiger partial charge in [-0.2, -0.15) is 26.3 Å². The first-order chi connectivity index (χ1) is 17.7. The van der Waals surface area contributed by atoms with Crippen LogP contribution in [-0.4, -0.2) is 49.1 Å². The molecular weight excluding hydrogens is 532 g/mol. The van der Waals surface area contributed by atoms with Gasteiger partial charge in [0.25, 0.3) is 0 Å². The average Bonchev–Trinajstić information content (AvgIpc) is 3.33. The van der Waals surface area contributed by atoms with Crippen molar-refractivity contribution in [3.8, 4) is 11.5 Å². The molecule has 1 atom stereocenters. The van der Waals surface area contributed by atoms with Crippen molar-refractivity contribution in [1.29, 1.82) is 0 Å². The zero-order chi connectivity index (χ0) is 27.9. The second kappa shape index (κ2) is 8.29. The van der Waals surface area contributed by atoms with Gasteiger partial charge in [0.15, 0.2) is 4.93 Å². The van der Waals surface area contributed by atoms with E-state index in [1.165, 1.54) is 59.4 Å². The van der Waals surface area contributed by atoms with Gasteiger partial charge in [0, 0.05) is 23.7 Å². The van der Waals surface area contributed by atoms with Crippen LogP contribution in [0.2, 0.25) is 0 Å². The van der Waals surface area contributed by atoms with Crippen molar-refractivity contribution in [3.63, 3.8) is 0 Å². The van der Waals surface area contributed by atoms with Crippen molar-refractivity contribution in [2.75, 3.05) is 21.3 Å². The molecule has 0 radical (unpaired) electrons. The number of fused-ring (bicyclic) bond motifs is 2. The highest BCUT2D eigenvalue weighted by Crippen LogP contribution is 2.73. The van der Waals surface area contributed by atoms with Crippen LogP contribution in [0.4, 0.5) is 26.3 Å². The van der Waals surface area contributed by atoms with Gasteiger partial charge in [0.05, 0.1) is 25.5 Å². The van der Waals surface area contributed by atoms with Crippen LogP contribution in [0, 0.1) is 5.41 Å². The van der Waals surface area contributed by atoms with Crippen molar-refractivity contribution in [2.24, 2.45) is 10.4 Å². The molecule has 4 nitrogen and oxygen atoms in total. The summed E-state index contributed by atoms with van der Waals surface area (Å²) in [6.45, 7) is 3.01. The quantitative estimate of drug-likeness (QED) is 0.366. The van der Waals surface area contributed by atoms with Crippen LogP contribution < -0.4 is 9.47 Å². The number of nitrogens with zero attached hydrogens (tertiary/aromatic N) is 1. The molecule has 0 aromatic heterocycles. The number of halogens is 6. The largest absolute Gasteiger partial charge is 0.497 e. The fraction of sp³-hybridized carbons (Fsp3) is 0.370. The Morgan fingerprint density at radius 1 is 0.658 bits per heavy atom. The Balaban J connectivity index is 1.87. The third-order valence-corrected chi connectivity index (χ3v) is 9.05. The summed E-state index contributed by atoms with van der Waals surface area (Å²) < 4.78 is 108. The number of hydrogen-bond acceptors (Lipinski definition) is 5. The van der Waals surface area contributed by atoms with Gasteiger partial charge in [-0.1, -0.05) is 37.7 Å². The summed E-state index contributed by atoms with van der Waals surface area (Å²) in [4.78, 5) is 2.47. The lowest BCUT2D eigenvalue weighted by atomic mass is 9.66. The molecule has 1 aliphatic heterocycles. The first kappa shape index (κ1) is 26.7. The average molecular weight is 556 g/mol. The van der Waals surface area contributed by atoms with Gasteiger partial charge in [-0.15, -0.1) is 0 Å². The first-order valence-electron chi connectivity index (χ1n) is 11.5. The highest BCUT2D eigenvalue weighted by molar-refractivity contribution is 8.16. The maximum Gasteiger partial charge on any atom is 0.380 e. The van der Waals surface area contributed by atoms with Crippen LogP contribution in [0.1, 0.15) is 25.0 Å². The highest BCUT2D eigenvalue weighted by Gasteiger charge is 2.84. The lowest BCUT2D eigenvalue weighted by Gasteiger charge is -2.48. The van der Waals surface area contributed by atoms with E-state index in [0.29, 0.717) is 17.1 Å². The molecule has 2 aromatic carbocycles. The van der Waals surface area contributed by atoms with Crippen LogP contribution in [0.25, 0.3) is 5.57 Å². The van der Waals surface area contributed by atoms with Crippen molar-refractivity contribution in [1.82, 2.24) is 0 Å². The Labute approximate surface area is 219 Å². The molecule has 1 heterocycles. The molecule has 5 rings (SSSR count). The zero-order valence-corrected chi connectivity index (χ0v) is 21.8. The predicted molar refractivity (Wildman–Crippen MR) is 132 cm³/mol. The first-order valence-corrected chi connectivity index (χ1v) is 12.3. The maximum atomic E-state index is 15.5. The predicted octanol–water partition coefficient (Wildman–Crippen LogP) is 7.21. The molecule has 11 heteroatoms. The molecule has 0 N–H and O–H groups in total. The smallest absolute Gasteiger partial charge is 0.380 e. The van der Waals surface area contributed by atoms with E-state index in [4.69, 9.17) is 14.2 Å². The zero-order valence-electron chi connectivity index (χ0n) is 21.0. The van der Waals surface area contributed by atoms with E-state index >= 15 is 17.6 Å². The minimum atomic E-state index is -5.70. The molecule has 2 aliphatic carbocycles. The Kier molecular flexibility index (Phi) is 5.82. The Morgan fingerprint density at radius 3 is 1.61 bits per heavy atom. The van der Waals surface area contributed by atoms with Gasteiger partial charge in [-0.3, -0.25) is 0 Å². The van der Waals surface area contributed by atoms with Gasteiger partial charge < -0.3 is 14.2 Å². The summed E-state index contributed by atoms with van der Waals surface area (Å²) in [5, 5.41) is 0.162. The van der Waals surface area contributed by atoms with Gasteiger partial charge >= 0.3 is 17.8 Å². The van der Waals surface area contributed by atoms with Gasteiger partial charge in [0.2, 0.25) is 0 Å². The van der Waals surface area contributed by atoms with Crippen LogP contribution in [0.3, 0.4) is 0 Å². The monoisotopic (exact) mass is 555 g/mol. The van der Waals surface area contributed by atoms with E-state index in [0.717, 1.165) is 11.8 Å². The minimum absolute atomic E-state index is 0.0606. The molecule has 1 fully saturated rings. The summed E-state index contributed by atoms with van der Waals surface area (Å²) in [7, 11) is 4.09. The number of hydrogen-bond donors (Lipinski definition) is 0. The molecule has 1 unspecified atom stereocenters. The molecule has 2 aromatic rings. The lowest BCUT2D eigenvalue weighted by molar-refractivity contribution is -0.258. The molecule has 3 aliphatic rings. The number of allylic oxidation sites excluding steroid dienone is 2. The third kappa shape index (κ3) is 3.14. The highest BCUT2D eigenvalue weighted by atomic mass is 32.2. The molecule has 0 spiro atoms. The summed E-state index contributed by atoms with van der Waals surface area (Å²) >= 11 is 0.919. The normalized spacial score (nSPS) is 26.1. The number of methoxy groups -OCH3 is 3. The number of alkyl halides is 6. The molecule has 1 saturated carbocycles. The number of aliphatic imine (C=N–C) groups is 1. The molecule has 0 saturated heterocycles. The molecular formula is C27H23F6NO3S. The van der Waals surface area contributed by atoms with Crippen LogP contribution in [-0.2, 0) is 4.74 Å². The van der Waals surface area contributed by atoms with Crippen LogP contribution >= 0.6 is 11.8 Å². The summed E-state index contributed by atoms with van der Waals surface area (Å²) in [5.41, 5.74) is -4.96. The van der Waals surface area contributed by atoms with Gasteiger partial charge in [-0.05, 0) is 47.5 Å². The second-order valence-corrected chi connectivity index (χ2v) is 10.8. The maximum absolute atomic E-state index is 15.5. The van der Waals surface area contributed by atoms with E-state index in [1.54, 1.807) is 24.3 Å². The van der Waals surface area contributed by atoms with E-state index in [-0.39, 0.29) is 16.2 Å².